The smallest absolute Gasteiger partial charge is 0.150 e. The summed E-state index contributed by atoms with van der Waals surface area (Å²) >= 11 is 7.74. The summed E-state index contributed by atoms with van der Waals surface area (Å²) < 4.78 is 1.24. The summed E-state index contributed by atoms with van der Waals surface area (Å²) in [6.45, 7) is 0. The van der Waals surface area contributed by atoms with Gasteiger partial charge in [0.25, 0.3) is 0 Å². The molecule has 2 aromatic carbocycles. The molecule has 0 spiro atoms. The van der Waals surface area contributed by atoms with Crippen LogP contribution >= 0.6 is 22.9 Å². The van der Waals surface area contributed by atoms with E-state index in [1.807, 2.05) is 24.3 Å². The number of thiophene rings is 1. The minimum Gasteiger partial charge on any atom is -0.298 e. The Labute approximate surface area is 114 Å². The van der Waals surface area contributed by atoms with E-state index in [0.29, 0.717) is 10.6 Å². The molecule has 0 saturated carbocycles. The van der Waals surface area contributed by atoms with E-state index in [2.05, 4.69) is 17.5 Å². The van der Waals surface area contributed by atoms with Gasteiger partial charge in [-0.1, -0.05) is 29.8 Å². The topological polar surface area (TPSA) is 17.1 Å². The molecular weight excluding hydrogens is 264 g/mol. The maximum Gasteiger partial charge on any atom is 0.150 e. The molecule has 0 aliphatic carbocycles. The van der Waals surface area contributed by atoms with Gasteiger partial charge in [-0.25, -0.2) is 0 Å². The molecule has 0 saturated heterocycles. The fourth-order valence-corrected chi connectivity index (χ4v) is 3.25. The van der Waals surface area contributed by atoms with Crippen LogP contribution in [0.25, 0.3) is 21.2 Å². The first kappa shape index (κ1) is 11.5. The van der Waals surface area contributed by atoms with E-state index >= 15 is 0 Å². The predicted octanol–water partition coefficient (Wildman–Crippen LogP) is 5.03. The van der Waals surface area contributed by atoms with Gasteiger partial charge < -0.3 is 0 Å². The van der Waals surface area contributed by atoms with Crippen molar-refractivity contribution in [3.8, 4) is 11.1 Å². The van der Waals surface area contributed by atoms with Crippen LogP contribution in [0.4, 0.5) is 0 Å². The molecule has 0 N–H and O–H groups in total. The molecule has 18 heavy (non-hydrogen) atoms. The molecule has 0 atom stereocenters. The van der Waals surface area contributed by atoms with Crippen LogP contribution < -0.4 is 0 Å². The van der Waals surface area contributed by atoms with Gasteiger partial charge in [0.15, 0.2) is 0 Å². The fourth-order valence-electron chi connectivity index (χ4n) is 2.04. The van der Waals surface area contributed by atoms with Gasteiger partial charge in [0.2, 0.25) is 0 Å². The van der Waals surface area contributed by atoms with Crippen LogP contribution in [0.5, 0.6) is 0 Å². The van der Waals surface area contributed by atoms with Crippen molar-refractivity contribution in [1.82, 2.24) is 0 Å². The monoisotopic (exact) mass is 272 g/mol. The summed E-state index contributed by atoms with van der Waals surface area (Å²) in [6, 6.07) is 13.7. The first-order valence-corrected chi connectivity index (χ1v) is 6.76. The maximum absolute atomic E-state index is 10.9. The molecule has 88 valence electrons. The molecule has 3 heteroatoms. The molecule has 0 amide bonds. The molecule has 0 radical (unpaired) electrons. The number of halogens is 1. The van der Waals surface area contributed by atoms with E-state index in [4.69, 9.17) is 11.6 Å². The Hall–Kier alpha value is -1.64. The molecule has 0 unspecified atom stereocenters. The Morgan fingerprint density at radius 2 is 1.94 bits per heavy atom. The van der Waals surface area contributed by atoms with E-state index < -0.39 is 0 Å². The van der Waals surface area contributed by atoms with Gasteiger partial charge >= 0.3 is 0 Å². The molecule has 1 aromatic heterocycles. The average molecular weight is 273 g/mol. The van der Waals surface area contributed by atoms with Gasteiger partial charge in [-0.15, -0.1) is 11.3 Å². The van der Waals surface area contributed by atoms with Crippen LogP contribution in [-0.4, -0.2) is 6.29 Å². The van der Waals surface area contributed by atoms with Gasteiger partial charge in [-0.2, -0.15) is 0 Å². The minimum atomic E-state index is 0.588. The lowest BCUT2D eigenvalue weighted by Crippen LogP contribution is -1.83. The fraction of sp³-hybridized carbons (Fsp3) is 0. The highest BCUT2D eigenvalue weighted by atomic mass is 35.5. The number of rotatable bonds is 2. The normalized spacial score (nSPS) is 10.7. The third kappa shape index (κ3) is 1.94. The first-order valence-electron chi connectivity index (χ1n) is 5.50. The van der Waals surface area contributed by atoms with Crippen molar-refractivity contribution in [2.24, 2.45) is 0 Å². The summed E-state index contributed by atoms with van der Waals surface area (Å²) in [5.74, 6) is 0. The lowest BCUT2D eigenvalue weighted by Gasteiger charge is -2.02. The second-order valence-electron chi connectivity index (χ2n) is 4.04. The number of hydrogen-bond donors (Lipinski definition) is 0. The Balaban J connectivity index is 2.25. The summed E-state index contributed by atoms with van der Waals surface area (Å²) in [4.78, 5) is 10.9. The number of fused-ring (bicyclic) bond motifs is 1. The van der Waals surface area contributed by atoms with Gasteiger partial charge in [-0.3, -0.25) is 4.79 Å². The van der Waals surface area contributed by atoms with Crippen molar-refractivity contribution in [3.63, 3.8) is 0 Å². The van der Waals surface area contributed by atoms with Crippen LogP contribution in [0.2, 0.25) is 5.02 Å². The van der Waals surface area contributed by atoms with E-state index in [1.54, 1.807) is 17.4 Å². The summed E-state index contributed by atoms with van der Waals surface area (Å²) in [5, 5.41) is 3.89. The highest BCUT2D eigenvalue weighted by Crippen LogP contribution is 2.35. The molecular formula is C15H9ClOS. The van der Waals surface area contributed by atoms with Gasteiger partial charge in [0.1, 0.15) is 6.29 Å². The van der Waals surface area contributed by atoms with Crippen molar-refractivity contribution < 1.29 is 4.79 Å². The Kier molecular flexibility index (Phi) is 2.90. The zero-order valence-electron chi connectivity index (χ0n) is 9.39. The molecule has 1 heterocycles. The molecule has 0 bridgehead atoms. The van der Waals surface area contributed by atoms with Crippen molar-refractivity contribution in [2.75, 3.05) is 0 Å². The van der Waals surface area contributed by atoms with E-state index in [9.17, 15) is 4.79 Å². The Bertz CT molecular complexity index is 730. The molecule has 1 nitrogen and oxygen atoms in total. The number of hydrogen-bond acceptors (Lipinski definition) is 2. The first-order chi connectivity index (χ1) is 8.78. The van der Waals surface area contributed by atoms with Crippen LogP contribution in [0, 0.1) is 0 Å². The number of benzene rings is 2. The highest BCUT2D eigenvalue weighted by Gasteiger charge is 2.07. The molecule has 3 aromatic rings. The lowest BCUT2D eigenvalue weighted by molar-refractivity contribution is 0.112. The van der Waals surface area contributed by atoms with Gasteiger partial charge in [0, 0.05) is 26.2 Å². The number of carbonyl (C=O) groups is 1. The Morgan fingerprint density at radius 3 is 2.78 bits per heavy atom. The van der Waals surface area contributed by atoms with Crippen LogP contribution in [0.1, 0.15) is 10.4 Å². The van der Waals surface area contributed by atoms with E-state index in [-0.39, 0.29) is 0 Å². The second kappa shape index (κ2) is 4.56. The number of carbonyl (C=O) groups excluding carboxylic acids is 1. The van der Waals surface area contributed by atoms with Gasteiger partial charge in [-0.05, 0) is 35.2 Å². The molecule has 0 aliphatic rings. The SMILES string of the molecule is O=Cc1cc(Cl)cc(-c2csc3ccccc23)c1. The quantitative estimate of drug-likeness (QED) is 0.598. The van der Waals surface area contributed by atoms with Crippen LogP contribution in [0.15, 0.2) is 47.8 Å². The molecule has 3 rings (SSSR count). The predicted molar refractivity (Wildman–Crippen MR) is 77.7 cm³/mol. The maximum atomic E-state index is 10.9. The van der Waals surface area contributed by atoms with Crippen LogP contribution in [0.3, 0.4) is 0 Å². The zero-order chi connectivity index (χ0) is 12.5. The van der Waals surface area contributed by atoms with E-state index in [1.165, 1.54) is 10.1 Å². The zero-order valence-corrected chi connectivity index (χ0v) is 11.0. The largest absolute Gasteiger partial charge is 0.298 e. The van der Waals surface area contributed by atoms with Gasteiger partial charge in [0.05, 0.1) is 0 Å². The Morgan fingerprint density at radius 1 is 1.11 bits per heavy atom. The molecule has 0 aliphatic heterocycles. The summed E-state index contributed by atoms with van der Waals surface area (Å²) in [6.07, 6.45) is 0.823. The number of aldehydes is 1. The van der Waals surface area contributed by atoms with Crippen molar-refractivity contribution in [2.45, 2.75) is 0 Å². The summed E-state index contributed by atoms with van der Waals surface area (Å²) in [5.41, 5.74) is 2.72. The highest BCUT2D eigenvalue weighted by molar-refractivity contribution is 7.17. The lowest BCUT2D eigenvalue weighted by atomic mass is 10.0. The van der Waals surface area contributed by atoms with Crippen molar-refractivity contribution in [3.05, 3.63) is 58.4 Å². The van der Waals surface area contributed by atoms with E-state index in [0.717, 1.165) is 17.4 Å². The van der Waals surface area contributed by atoms with Crippen molar-refractivity contribution >= 4 is 39.3 Å². The molecule has 0 fully saturated rings. The second-order valence-corrected chi connectivity index (χ2v) is 5.38. The third-order valence-electron chi connectivity index (χ3n) is 2.85. The van der Waals surface area contributed by atoms with Crippen molar-refractivity contribution in [1.29, 1.82) is 0 Å². The third-order valence-corrected chi connectivity index (χ3v) is 4.03. The standard InChI is InChI=1S/C15H9ClOS/c16-12-6-10(8-17)5-11(7-12)14-9-18-15-4-2-1-3-13(14)15/h1-9H. The average Bonchev–Trinajstić information content (AvgIpc) is 2.81. The minimum absolute atomic E-state index is 0.588. The summed E-state index contributed by atoms with van der Waals surface area (Å²) in [7, 11) is 0. The van der Waals surface area contributed by atoms with Crippen LogP contribution in [-0.2, 0) is 0 Å².